The number of aromatic nitrogens is 2. The summed E-state index contributed by atoms with van der Waals surface area (Å²) in [5.74, 6) is 0. The number of benzene rings is 1. The lowest BCUT2D eigenvalue weighted by atomic mass is 10.1. The Kier molecular flexibility index (Phi) is 2.07. The van der Waals surface area contributed by atoms with Gasteiger partial charge in [0.05, 0.1) is 5.52 Å². The third-order valence-corrected chi connectivity index (χ3v) is 2.90. The quantitative estimate of drug-likeness (QED) is 0.573. The Bertz CT molecular complexity index is 659. The molecule has 78 valence electrons. The van der Waals surface area contributed by atoms with Gasteiger partial charge in [-0.15, -0.1) is 0 Å². The van der Waals surface area contributed by atoms with Gasteiger partial charge < -0.3 is 0 Å². The van der Waals surface area contributed by atoms with Gasteiger partial charge in [0, 0.05) is 34.2 Å². The first-order valence-corrected chi connectivity index (χ1v) is 5.51. The van der Waals surface area contributed by atoms with Crippen molar-refractivity contribution in [1.82, 2.24) is 9.97 Å². The number of rotatable bonds is 1. The molecule has 0 atom stereocenters. The highest BCUT2D eigenvalue weighted by atomic mass is 14.7. The number of hydrogen-bond acceptors (Lipinski definition) is 2. The predicted octanol–water partition coefficient (Wildman–Crippen LogP) is 3.35. The van der Waals surface area contributed by atoms with Crippen LogP contribution in [0.15, 0.2) is 42.7 Å². The van der Waals surface area contributed by atoms with Crippen LogP contribution in [-0.4, -0.2) is 9.97 Å². The highest BCUT2D eigenvalue weighted by Crippen LogP contribution is 2.23. The number of hydrogen-bond donors (Lipinski definition) is 0. The lowest BCUT2D eigenvalue weighted by Gasteiger charge is -2.04. The Morgan fingerprint density at radius 2 is 1.81 bits per heavy atom. The Hall–Kier alpha value is -1.96. The zero-order valence-corrected chi connectivity index (χ0v) is 9.14. The Morgan fingerprint density at radius 1 is 1.00 bits per heavy atom. The topological polar surface area (TPSA) is 25.8 Å². The van der Waals surface area contributed by atoms with Crippen molar-refractivity contribution in [1.29, 1.82) is 0 Å². The summed E-state index contributed by atoms with van der Waals surface area (Å²) in [5, 5.41) is 3.52. The van der Waals surface area contributed by atoms with Crippen LogP contribution < -0.4 is 0 Å². The van der Waals surface area contributed by atoms with Crippen LogP contribution in [0.4, 0.5) is 0 Å². The maximum atomic E-state index is 4.69. The molecular weight excluding hydrogens is 196 g/mol. The summed E-state index contributed by atoms with van der Waals surface area (Å²) in [4.78, 5) is 8.83. The summed E-state index contributed by atoms with van der Waals surface area (Å²) >= 11 is 0. The molecule has 0 N–H and O–H groups in total. The van der Waals surface area contributed by atoms with Gasteiger partial charge in [0.25, 0.3) is 0 Å². The van der Waals surface area contributed by atoms with E-state index >= 15 is 0 Å². The molecule has 3 aromatic rings. The molecule has 0 radical (unpaired) electrons. The lowest BCUT2D eigenvalue weighted by Crippen LogP contribution is -1.88. The summed E-state index contributed by atoms with van der Waals surface area (Å²) in [6.45, 7) is 2.13. The van der Waals surface area contributed by atoms with Crippen molar-refractivity contribution in [2.75, 3.05) is 0 Å². The minimum Gasteiger partial charge on any atom is -0.264 e. The van der Waals surface area contributed by atoms with Crippen molar-refractivity contribution in [2.45, 2.75) is 13.3 Å². The number of fused-ring (bicyclic) bond motifs is 3. The van der Waals surface area contributed by atoms with E-state index in [4.69, 9.17) is 4.98 Å². The molecule has 0 aliphatic rings. The molecule has 2 nitrogen and oxygen atoms in total. The highest BCUT2D eigenvalue weighted by Gasteiger charge is 2.02. The third kappa shape index (κ3) is 1.34. The van der Waals surface area contributed by atoms with Crippen molar-refractivity contribution >= 4 is 21.7 Å². The molecule has 0 aliphatic carbocycles. The fraction of sp³-hybridized carbons (Fsp3) is 0.143. The Balaban J connectivity index is 2.47. The zero-order valence-electron chi connectivity index (χ0n) is 9.14. The predicted molar refractivity (Wildman–Crippen MR) is 66.4 cm³/mol. The second kappa shape index (κ2) is 3.56. The van der Waals surface area contributed by atoms with Crippen molar-refractivity contribution < 1.29 is 0 Å². The number of nitrogens with zero attached hydrogens (tertiary/aromatic N) is 2. The van der Waals surface area contributed by atoms with Gasteiger partial charge in [-0.1, -0.05) is 25.1 Å². The molecule has 1 aromatic carbocycles. The maximum Gasteiger partial charge on any atom is 0.0784 e. The van der Waals surface area contributed by atoms with Gasteiger partial charge in [-0.05, 0) is 18.6 Å². The molecule has 2 heterocycles. The van der Waals surface area contributed by atoms with E-state index in [-0.39, 0.29) is 0 Å². The fourth-order valence-corrected chi connectivity index (χ4v) is 1.99. The van der Waals surface area contributed by atoms with Crippen LogP contribution in [0.5, 0.6) is 0 Å². The van der Waals surface area contributed by atoms with Crippen LogP contribution in [0.25, 0.3) is 21.7 Å². The minimum atomic E-state index is 0.970. The first kappa shape index (κ1) is 9.28. The summed E-state index contributed by atoms with van der Waals surface area (Å²) in [6, 6.07) is 10.5. The van der Waals surface area contributed by atoms with Crippen molar-refractivity contribution in [3.63, 3.8) is 0 Å². The number of pyridine rings is 2. The molecule has 0 aliphatic heterocycles. The van der Waals surface area contributed by atoms with E-state index in [2.05, 4.69) is 36.2 Å². The van der Waals surface area contributed by atoms with Gasteiger partial charge >= 0.3 is 0 Å². The molecule has 0 fully saturated rings. The van der Waals surface area contributed by atoms with Crippen molar-refractivity contribution in [3.05, 3.63) is 48.4 Å². The molecule has 0 bridgehead atoms. The van der Waals surface area contributed by atoms with E-state index in [1.165, 1.54) is 10.8 Å². The maximum absolute atomic E-state index is 4.69. The summed E-state index contributed by atoms with van der Waals surface area (Å²) in [6.07, 6.45) is 4.68. The molecular formula is C14H12N2. The highest BCUT2D eigenvalue weighted by molar-refractivity contribution is 6.04. The van der Waals surface area contributed by atoms with E-state index in [1.54, 1.807) is 0 Å². The van der Waals surface area contributed by atoms with E-state index in [0.29, 0.717) is 0 Å². The smallest absolute Gasteiger partial charge is 0.0784 e. The van der Waals surface area contributed by atoms with Gasteiger partial charge in [-0.3, -0.25) is 9.97 Å². The van der Waals surface area contributed by atoms with E-state index in [0.717, 1.165) is 23.0 Å². The number of aryl methyl sites for hydroxylation is 1. The minimum absolute atomic E-state index is 0.970. The molecule has 3 rings (SSSR count). The van der Waals surface area contributed by atoms with Crippen LogP contribution in [0.2, 0.25) is 0 Å². The molecule has 16 heavy (non-hydrogen) atoms. The first-order valence-electron chi connectivity index (χ1n) is 5.51. The SMILES string of the molecule is CCc1ccc2ccc3cnccc3c2n1. The van der Waals surface area contributed by atoms with Crippen LogP contribution in [0.1, 0.15) is 12.6 Å². The average Bonchev–Trinajstić information content (AvgIpc) is 2.38. The van der Waals surface area contributed by atoms with Crippen molar-refractivity contribution in [3.8, 4) is 0 Å². The van der Waals surface area contributed by atoms with E-state index in [9.17, 15) is 0 Å². The Morgan fingerprint density at radius 3 is 2.69 bits per heavy atom. The summed E-state index contributed by atoms with van der Waals surface area (Å²) < 4.78 is 0. The third-order valence-electron chi connectivity index (χ3n) is 2.90. The van der Waals surface area contributed by atoms with Gasteiger partial charge in [0.1, 0.15) is 0 Å². The largest absolute Gasteiger partial charge is 0.264 e. The lowest BCUT2D eigenvalue weighted by molar-refractivity contribution is 1.06. The van der Waals surface area contributed by atoms with E-state index < -0.39 is 0 Å². The Labute approximate surface area is 94.0 Å². The summed E-state index contributed by atoms with van der Waals surface area (Å²) in [7, 11) is 0. The first-order chi connectivity index (χ1) is 7.88. The summed E-state index contributed by atoms with van der Waals surface area (Å²) in [5.41, 5.74) is 2.22. The van der Waals surface area contributed by atoms with Crippen LogP contribution in [0, 0.1) is 0 Å². The molecule has 0 unspecified atom stereocenters. The molecule has 0 amide bonds. The second-order valence-corrected chi connectivity index (χ2v) is 3.89. The molecule has 0 spiro atoms. The second-order valence-electron chi connectivity index (χ2n) is 3.89. The van der Waals surface area contributed by atoms with Crippen molar-refractivity contribution in [2.24, 2.45) is 0 Å². The van der Waals surface area contributed by atoms with Crippen LogP contribution >= 0.6 is 0 Å². The zero-order chi connectivity index (χ0) is 11.0. The van der Waals surface area contributed by atoms with Gasteiger partial charge in [-0.25, -0.2) is 0 Å². The normalized spacial score (nSPS) is 11.1. The standard InChI is InChI=1S/C14H12N2/c1-2-12-6-5-10-3-4-11-9-15-8-7-13(11)14(10)16-12/h3-9H,2H2,1H3. The molecule has 2 heteroatoms. The average molecular weight is 208 g/mol. The molecule has 0 saturated carbocycles. The monoisotopic (exact) mass is 208 g/mol. The van der Waals surface area contributed by atoms with Crippen LogP contribution in [0.3, 0.4) is 0 Å². The van der Waals surface area contributed by atoms with E-state index in [1.807, 2.05) is 18.5 Å². The van der Waals surface area contributed by atoms with Gasteiger partial charge in [-0.2, -0.15) is 0 Å². The van der Waals surface area contributed by atoms with Gasteiger partial charge in [0.2, 0.25) is 0 Å². The fourth-order valence-electron chi connectivity index (χ4n) is 1.99. The van der Waals surface area contributed by atoms with Gasteiger partial charge in [0.15, 0.2) is 0 Å². The molecule has 0 saturated heterocycles. The van der Waals surface area contributed by atoms with Crippen LogP contribution in [-0.2, 0) is 6.42 Å². The molecule has 2 aromatic heterocycles.